The maximum atomic E-state index is 13.0. The molecule has 2 aromatic rings. The van der Waals surface area contributed by atoms with Gasteiger partial charge in [-0.25, -0.2) is 4.39 Å². The molecule has 4 heteroatoms. The summed E-state index contributed by atoms with van der Waals surface area (Å²) in [6.45, 7) is 2.55. The standard InChI is InChI=1S/C16H17FO2S/c1-2-19-14-8-6-12(7-9-14)16(18)11-20-15-5-3-4-13(17)10-15/h3-10,16,18H,2,11H2,1H3. The largest absolute Gasteiger partial charge is 0.494 e. The lowest BCUT2D eigenvalue weighted by Gasteiger charge is -2.11. The van der Waals surface area contributed by atoms with Crippen LogP contribution in [0.3, 0.4) is 0 Å². The Bertz CT molecular complexity index is 542. The van der Waals surface area contributed by atoms with Gasteiger partial charge < -0.3 is 9.84 Å². The first-order valence-corrected chi connectivity index (χ1v) is 7.47. The Kier molecular flexibility index (Phi) is 5.44. The van der Waals surface area contributed by atoms with Gasteiger partial charge >= 0.3 is 0 Å². The highest BCUT2D eigenvalue weighted by Gasteiger charge is 2.08. The van der Waals surface area contributed by atoms with Gasteiger partial charge in [-0.2, -0.15) is 0 Å². The number of aliphatic hydroxyl groups is 1. The van der Waals surface area contributed by atoms with E-state index in [1.807, 2.05) is 37.3 Å². The summed E-state index contributed by atoms with van der Waals surface area (Å²) in [5, 5.41) is 10.1. The van der Waals surface area contributed by atoms with Crippen molar-refractivity contribution >= 4 is 11.8 Å². The molecule has 0 radical (unpaired) electrons. The fourth-order valence-corrected chi connectivity index (χ4v) is 2.69. The lowest BCUT2D eigenvalue weighted by Crippen LogP contribution is -2.01. The van der Waals surface area contributed by atoms with Crippen LogP contribution >= 0.6 is 11.8 Å². The molecule has 0 aliphatic rings. The van der Waals surface area contributed by atoms with Gasteiger partial charge in [-0.05, 0) is 42.8 Å². The van der Waals surface area contributed by atoms with Crippen molar-refractivity contribution in [3.8, 4) is 5.75 Å². The zero-order valence-electron chi connectivity index (χ0n) is 11.3. The molecule has 106 valence electrons. The third-order valence-corrected chi connectivity index (χ3v) is 3.85. The predicted octanol–water partition coefficient (Wildman–Crippen LogP) is 4.05. The van der Waals surface area contributed by atoms with Crippen LogP contribution in [0.25, 0.3) is 0 Å². The molecule has 0 heterocycles. The lowest BCUT2D eigenvalue weighted by atomic mass is 10.1. The molecule has 0 bridgehead atoms. The van der Waals surface area contributed by atoms with E-state index in [1.54, 1.807) is 6.07 Å². The average molecular weight is 292 g/mol. The number of hydrogen-bond acceptors (Lipinski definition) is 3. The van der Waals surface area contributed by atoms with Gasteiger partial charge in [0, 0.05) is 10.6 Å². The number of aliphatic hydroxyl groups excluding tert-OH is 1. The molecule has 2 nitrogen and oxygen atoms in total. The highest BCUT2D eigenvalue weighted by molar-refractivity contribution is 7.99. The van der Waals surface area contributed by atoms with Crippen molar-refractivity contribution in [1.82, 2.24) is 0 Å². The molecule has 0 fully saturated rings. The van der Waals surface area contributed by atoms with Gasteiger partial charge in [0.05, 0.1) is 12.7 Å². The highest BCUT2D eigenvalue weighted by atomic mass is 32.2. The Morgan fingerprint density at radius 2 is 1.95 bits per heavy atom. The molecule has 0 spiro atoms. The van der Waals surface area contributed by atoms with E-state index in [1.165, 1.54) is 23.9 Å². The van der Waals surface area contributed by atoms with E-state index in [9.17, 15) is 9.50 Å². The number of thioether (sulfide) groups is 1. The molecule has 0 aliphatic carbocycles. The lowest BCUT2D eigenvalue weighted by molar-refractivity contribution is 0.204. The first kappa shape index (κ1) is 14.9. The van der Waals surface area contributed by atoms with Crippen LogP contribution in [0.4, 0.5) is 4.39 Å². The first-order chi connectivity index (χ1) is 9.69. The predicted molar refractivity (Wildman–Crippen MR) is 79.7 cm³/mol. The molecule has 20 heavy (non-hydrogen) atoms. The number of halogens is 1. The molecule has 2 rings (SSSR count). The molecule has 0 saturated heterocycles. The van der Waals surface area contributed by atoms with E-state index in [2.05, 4.69) is 0 Å². The van der Waals surface area contributed by atoms with Gasteiger partial charge in [-0.3, -0.25) is 0 Å². The summed E-state index contributed by atoms with van der Waals surface area (Å²) in [4.78, 5) is 0.815. The number of hydrogen-bond donors (Lipinski definition) is 1. The van der Waals surface area contributed by atoms with Gasteiger partial charge in [0.1, 0.15) is 11.6 Å². The van der Waals surface area contributed by atoms with Gasteiger partial charge in [0.25, 0.3) is 0 Å². The van der Waals surface area contributed by atoms with Gasteiger partial charge in [-0.1, -0.05) is 18.2 Å². The quantitative estimate of drug-likeness (QED) is 0.814. The monoisotopic (exact) mass is 292 g/mol. The second kappa shape index (κ2) is 7.31. The molecule has 1 N–H and O–H groups in total. The van der Waals surface area contributed by atoms with Crippen molar-refractivity contribution in [3.63, 3.8) is 0 Å². The summed E-state index contributed by atoms with van der Waals surface area (Å²) in [6, 6.07) is 13.8. The van der Waals surface area contributed by atoms with Crippen molar-refractivity contribution in [3.05, 3.63) is 59.9 Å². The minimum atomic E-state index is -0.584. The summed E-state index contributed by atoms with van der Waals surface area (Å²) in [6.07, 6.45) is -0.584. The fourth-order valence-electron chi connectivity index (χ4n) is 1.78. The molecule has 0 aliphatic heterocycles. The van der Waals surface area contributed by atoms with Crippen molar-refractivity contribution in [2.24, 2.45) is 0 Å². The Morgan fingerprint density at radius 1 is 1.20 bits per heavy atom. The maximum absolute atomic E-state index is 13.0. The van der Waals surface area contributed by atoms with Gasteiger partial charge in [-0.15, -0.1) is 11.8 Å². The Morgan fingerprint density at radius 3 is 2.60 bits per heavy atom. The third kappa shape index (κ3) is 4.25. The summed E-state index contributed by atoms with van der Waals surface area (Å²) < 4.78 is 18.4. The van der Waals surface area contributed by atoms with Crippen LogP contribution in [0, 0.1) is 5.82 Å². The van der Waals surface area contributed by atoms with E-state index >= 15 is 0 Å². The SMILES string of the molecule is CCOc1ccc(C(O)CSc2cccc(F)c2)cc1. The summed E-state index contributed by atoms with van der Waals surface area (Å²) in [7, 11) is 0. The number of ether oxygens (including phenoxy) is 1. The van der Waals surface area contributed by atoms with Crippen LogP contribution in [0.2, 0.25) is 0 Å². The summed E-state index contributed by atoms with van der Waals surface area (Å²) in [5.74, 6) is 1.02. The van der Waals surface area contributed by atoms with E-state index in [0.29, 0.717) is 12.4 Å². The zero-order chi connectivity index (χ0) is 14.4. The molecule has 2 aromatic carbocycles. The van der Waals surface area contributed by atoms with Crippen molar-refractivity contribution < 1.29 is 14.2 Å². The van der Waals surface area contributed by atoms with Crippen LogP contribution < -0.4 is 4.74 Å². The van der Waals surface area contributed by atoms with E-state index in [0.717, 1.165) is 16.2 Å². The minimum absolute atomic E-state index is 0.259. The van der Waals surface area contributed by atoms with E-state index in [-0.39, 0.29) is 5.82 Å². The molecule has 1 atom stereocenters. The normalized spacial score (nSPS) is 12.2. The highest BCUT2D eigenvalue weighted by Crippen LogP contribution is 2.26. The van der Waals surface area contributed by atoms with Crippen molar-refractivity contribution in [1.29, 1.82) is 0 Å². The topological polar surface area (TPSA) is 29.5 Å². The molecule has 0 amide bonds. The van der Waals surface area contributed by atoms with Crippen LogP contribution in [-0.2, 0) is 0 Å². The maximum Gasteiger partial charge on any atom is 0.124 e. The summed E-state index contributed by atoms with van der Waals surface area (Å²) in [5.41, 5.74) is 0.831. The first-order valence-electron chi connectivity index (χ1n) is 6.48. The fraction of sp³-hybridized carbons (Fsp3) is 0.250. The second-order valence-electron chi connectivity index (χ2n) is 4.29. The van der Waals surface area contributed by atoms with Crippen LogP contribution in [0.15, 0.2) is 53.4 Å². The third-order valence-electron chi connectivity index (χ3n) is 2.78. The van der Waals surface area contributed by atoms with E-state index in [4.69, 9.17) is 4.74 Å². The smallest absolute Gasteiger partial charge is 0.124 e. The Labute approximate surface area is 122 Å². The van der Waals surface area contributed by atoms with Crippen LogP contribution in [0.5, 0.6) is 5.75 Å². The molecule has 1 unspecified atom stereocenters. The van der Waals surface area contributed by atoms with Crippen molar-refractivity contribution in [2.45, 2.75) is 17.9 Å². The number of rotatable bonds is 6. The van der Waals surface area contributed by atoms with Crippen LogP contribution in [-0.4, -0.2) is 17.5 Å². The molecule has 0 aromatic heterocycles. The minimum Gasteiger partial charge on any atom is -0.494 e. The van der Waals surface area contributed by atoms with Gasteiger partial charge in [0.15, 0.2) is 0 Å². The Balaban J connectivity index is 1.92. The average Bonchev–Trinajstić information content (AvgIpc) is 2.46. The van der Waals surface area contributed by atoms with Crippen molar-refractivity contribution in [2.75, 3.05) is 12.4 Å². The van der Waals surface area contributed by atoms with Crippen LogP contribution in [0.1, 0.15) is 18.6 Å². The summed E-state index contributed by atoms with van der Waals surface area (Å²) >= 11 is 1.43. The molecular weight excluding hydrogens is 275 g/mol. The molecule has 0 saturated carbocycles. The second-order valence-corrected chi connectivity index (χ2v) is 5.38. The number of benzene rings is 2. The van der Waals surface area contributed by atoms with E-state index < -0.39 is 6.10 Å². The van der Waals surface area contributed by atoms with Gasteiger partial charge in [0.2, 0.25) is 0 Å². The zero-order valence-corrected chi connectivity index (χ0v) is 12.1. The Hall–Kier alpha value is -1.52. The molecular formula is C16H17FO2S.